The molecule has 0 spiro atoms. The quantitative estimate of drug-likeness (QED) is 0.479. The number of carbonyl (C=O) groups is 1. The van der Waals surface area contributed by atoms with Gasteiger partial charge >= 0.3 is 5.97 Å². The maximum absolute atomic E-state index is 11.4. The number of esters is 1. The molecule has 0 aliphatic rings. The summed E-state index contributed by atoms with van der Waals surface area (Å²) < 4.78 is 5.18. The van der Waals surface area contributed by atoms with Crippen LogP contribution in [-0.2, 0) is 11.2 Å². The van der Waals surface area contributed by atoms with E-state index in [1.807, 2.05) is 19.1 Å². The fraction of sp³-hybridized carbons (Fsp3) is 0.267. The van der Waals surface area contributed by atoms with Gasteiger partial charge in [0.15, 0.2) is 0 Å². The maximum atomic E-state index is 11.4. The van der Waals surface area contributed by atoms with Crippen molar-refractivity contribution in [1.82, 2.24) is 10.2 Å². The van der Waals surface area contributed by atoms with Gasteiger partial charge in [-0.05, 0) is 37.1 Å². The number of aryl methyl sites for hydroxylation is 1. The number of benzene rings is 1. The van der Waals surface area contributed by atoms with Crippen LogP contribution in [-0.4, -0.2) is 16.2 Å². The molecule has 1 aromatic carbocycles. The van der Waals surface area contributed by atoms with Crippen molar-refractivity contribution in [2.75, 3.05) is 0 Å². The maximum Gasteiger partial charge on any atom is 0.335 e. The number of rotatable bonds is 5. The van der Waals surface area contributed by atoms with E-state index >= 15 is 0 Å². The zero-order valence-electron chi connectivity index (χ0n) is 11.5. The van der Waals surface area contributed by atoms with Gasteiger partial charge in [-0.2, -0.15) is 0 Å². The Kier molecular flexibility index (Phi) is 5.01. The van der Waals surface area contributed by atoms with E-state index in [9.17, 15) is 4.79 Å². The summed E-state index contributed by atoms with van der Waals surface area (Å²) in [6, 6.07) is 7.29. The van der Waals surface area contributed by atoms with Gasteiger partial charge in [-0.25, -0.2) is 4.79 Å². The summed E-state index contributed by atoms with van der Waals surface area (Å²) in [5.74, 6) is 0.170. The van der Waals surface area contributed by atoms with Gasteiger partial charge in [-0.15, -0.1) is 10.2 Å². The van der Waals surface area contributed by atoms with Crippen molar-refractivity contribution in [3.63, 3.8) is 0 Å². The Hall–Kier alpha value is -2.01. The van der Waals surface area contributed by atoms with Gasteiger partial charge in [0, 0.05) is 11.6 Å². The largest absolute Gasteiger partial charge is 0.423 e. The third-order valence-electron chi connectivity index (χ3n) is 2.58. The summed E-state index contributed by atoms with van der Waals surface area (Å²) in [7, 11) is 0. The molecule has 0 bridgehead atoms. The molecule has 5 heteroatoms. The zero-order chi connectivity index (χ0) is 14.4. The Morgan fingerprint density at radius 3 is 2.60 bits per heavy atom. The molecule has 0 saturated heterocycles. The standard InChI is InChI=1S/C15H16N2O2S/c1-3-5-6-14(18)19-12-9-7-11(8-10-12)15-17-16-13(4-2)20-15/h5-10H,3-4H2,1-2H3. The minimum Gasteiger partial charge on any atom is -0.423 e. The molecule has 0 fully saturated rings. The molecule has 0 aliphatic carbocycles. The predicted octanol–water partition coefficient (Wildman–Crippen LogP) is 3.64. The lowest BCUT2D eigenvalue weighted by Crippen LogP contribution is -2.03. The predicted molar refractivity (Wildman–Crippen MR) is 79.8 cm³/mol. The Balaban J connectivity index is 2.06. The number of ether oxygens (including phenoxy) is 1. The normalized spacial score (nSPS) is 10.9. The minimum absolute atomic E-state index is 0.358. The van der Waals surface area contributed by atoms with E-state index in [1.54, 1.807) is 29.5 Å². The molecule has 20 heavy (non-hydrogen) atoms. The Labute approximate surface area is 122 Å². The van der Waals surface area contributed by atoms with E-state index in [-0.39, 0.29) is 5.97 Å². The molecule has 1 heterocycles. The molecular weight excluding hydrogens is 272 g/mol. The van der Waals surface area contributed by atoms with Crippen molar-refractivity contribution in [3.8, 4) is 16.3 Å². The molecule has 2 aromatic rings. The first-order chi connectivity index (χ1) is 9.72. The van der Waals surface area contributed by atoms with Crippen molar-refractivity contribution in [2.24, 2.45) is 0 Å². The van der Waals surface area contributed by atoms with Crippen molar-refractivity contribution < 1.29 is 9.53 Å². The van der Waals surface area contributed by atoms with Crippen molar-refractivity contribution in [3.05, 3.63) is 41.4 Å². The lowest BCUT2D eigenvalue weighted by molar-refractivity contribution is -0.129. The van der Waals surface area contributed by atoms with Crippen molar-refractivity contribution in [1.29, 1.82) is 0 Å². The number of hydrogen-bond donors (Lipinski definition) is 0. The first kappa shape index (κ1) is 14.4. The van der Waals surface area contributed by atoms with E-state index in [1.165, 1.54) is 6.08 Å². The molecule has 0 atom stereocenters. The minimum atomic E-state index is -0.358. The van der Waals surface area contributed by atoms with Crippen LogP contribution in [0.5, 0.6) is 5.75 Å². The lowest BCUT2D eigenvalue weighted by Gasteiger charge is -2.01. The van der Waals surface area contributed by atoms with Crippen LogP contribution in [0.15, 0.2) is 36.4 Å². The highest BCUT2D eigenvalue weighted by molar-refractivity contribution is 7.14. The number of aromatic nitrogens is 2. The number of carbonyl (C=O) groups excluding carboxylic acids is 1. The smallest absolute Gasteiger partial charge is 0.335 e. The first-order valence-corrected chi connectivity index (χ1v) is 7.35. The van der Waals surface area contributed by atoms with E-state index in [4.69, 9.17) is 4.74 Å². The van der Waals surface area contributed by atoms with Crippen LogP contribution in [0.25, 0.3) is 10.6 Å². The fourth-order valence-electron chi connectivity index (χ4n) is 1.54. The number of allylic oxidation sites excluding steroid dienone is 1. The summed E-state index contributed by atoms with van der Waals surface area (Å²) in [5.41, 5.74) is 0.978. The van der Waals surface area contributed by atoms with Gasteiger partial charge in [0.2, 0.25) is 0 Å². The van der Waals surface area contributed by atoms with Gasteiger partial charge in [0.05, 0.1) is 0 Å². The molecule has 4 nitrogen and oxygen atoms in total. The van der Waals surface area contributed by atoms with Gasteiger partial charge in [-0.1, -0.05) is 31.3 Å². The molecule has 0 unspecified atom stereocenters. The van der Waals surface area contributed by atoms with Crippen LogP contribution in [0.2, 0.25) is 0 Å². The summed E-state index contributed by atoms with van der Waals surface area (Å²) in [5, 5.41) is 10.1. The van der Waals surface area contributed by atoms with E-state index in [2.05, 4.69) is 17.1 Å². The van der Waals surface area contributed by atoms with Crippen LogP contribution in [0.1, 0.15) is 25.3 Å². The third kappa shape index (κ3) is 3.74. The third-order valence-corrected chi connectivity index (χ3v) is 3.70. The van der Waals surface area contributed by atoms with Gasteiger partial charge in [-0.3, -0.25) is 0 Å². The molecule has 104 valence electrons. The molecular formula is C15H16N2O2S. The average molecular weight is 288 g/mol. The highest BCUT2D eigenvalue weighted by atomic mass is 32.1. The number of nitrogens with zero attached hydrogens (tertiary/aromatic N) is 2. The van der Waals surface area contributed by atoms with E-state index < -0.39 is 0 Å². The van der Waals surface area contributed by atoms with Gasteiger partial charge in [0.25, 0.3) is 0 Å². The van der Waals surface area contributed by atoms with Crippen LogP contribution in [0, 0.1) is 0 Å². The van der Waals surface area contributed by atoms with Crippen LogP contribution < -0.4 is 4.74 Å². The molecule has 1 aromatic heterocycles. The highest BCUT2D eigenvalue weighted by Crippen LogP contribution is 2.25. The monoisotopic (exact) mass is 288 g/mol. The molecule has 0 amide bonds. The van der Waals surface area contributed by atoms with E-state index in [0.29, 0.717) is 5.75 Å². The summed E-state index contributed by atoms with van der Waals surface area (Å²) in [6.07, 6.45) is 4.90. The average Bonchev–Trinajstić information content (AvgIpc) is 2.95. The second-order valence-corrected chi connectivity index (χ2v) is 5.17. The van der Waals surface area contributed by atoms with Crippen LogP contribution >= 0.6 is 11.3 Å². The topological polar surface area (TPSA) is 52.1 Å². The highest BCUT2D eigenvalue weighted by Gasteiger charge is 2.06. The SMILES string of the molecule is CCC=CC(=O)Oc1ccc(-c2nnc(CC)s2)cc1. The first-order valence-electron chi connectivity index (χ1n) is 6.54. The van der Waals surface area contributed by atoms with Gasteiger partial charge < -0.3 is 4.74 Å². The fourth-order valence-corrected chi connectivity index (χ4v) is 2.33. The zero-order valence-corrected chi connectivity index (χ0v) is 12.3. The molecule has 0 saturated carbocycles. The van der Waals surface area contributed by atoms with E-state index in [0.717, 1.165) is 28.4 Å². The van der Waals surface area contributed by atoms with Crippen LogP contribution in [0.4, 0.5) is 0 Å². The Bertz CT molecular complexity index is 603. The molecule has 0 aliphatic heterocycles. The number of hydrogen-bond acceptors (Lipinski definition) is 5. The van der Waals surface area contributed by atoms with Crippen LogP contribution in [0.3, 0.4) is 0 Å². The summed E-state index contributed by atoms with van der Waals surface area (Å²) in [6.45, 7) is 4.02. The second kappa shape index (κ2) is 6.96. The second-order valence-electron chi connectivity index (χ2n) is 4.11. The molecule has 0 radical (unpaired) electrons. The Morgan fingerprint density at radius 2 is 2.00 bits per heavy atom. The summed E-state index contributed by atoms with van der Waals surface area (Å²) in [4.78, 5) is 11.4. The van der Waals surface area contributed by atoms with Crippen molar-refractivity contribution in [2.45, 2.75) is 26.7 Å². The molecule has 0 N–H and O–H groups in total. The summed E-state index contributed by atoms with van der Waals surface area (Å²) >= 11 is 1.58. The lowest BCUT2D eigenvalue weighted by atomic mass is 10.2. The molecule has 2 rings (SSSR count). The van der Waals surface area contributed by atoms with Crippen molar-refractivity contribution >= 4 is 17.3 Å². The van der Waals surface area contributed by atoms with Gasteiger partial charge in [0.1, 0.15) is 15.8 Å². The Morgan fingerprint density at radius 1 is 1.25 bits per heavy atom.